The predicted octanol–water partition coefficient (Wildman–Crippen LogP) is 2.70. The first-order valence-electron chi connectivity index (χ1n) is 8.03. The lowest BCUT2D eigenvalue weighted by molar-refractivity contribution is 0.00677. The second-order valence-electron chi connectivity index (χ2n) is 7.30. The molecular weight excluding hydrogens is 234 g/mol. The van der Waals surface area contributed by atoms with Crippen molar-refractivity contribution in [1.82, 2.24) is 9.80 Å². The van der Waals surface area contributed by atoms with Crippen LogP contribution in [0, 0.1) is 0 Å². The predicted molar refractivity (Wildman–Crippen MR) is 84.5 cm³/mol. The Hall–Kier alpha value is -0.120. The summed E-state index contributed by atoms with van der Waals surface area (Å²) in [5.41, 5.74) is 6.59. The Morgan fingerprint density at radius 2 is 1.42 bits per heavy atom. The zero-order valence-electron chi connectivity index (χ0n) is 13.8. The van der Waals surface area contributed by atoms with E-state index in [0.717, 1.165) is 19.6 Å². The third-order valence-electron chi connectivity index (χ3n) is 4.75. The molecule has 3 nitrogen and oxygen atoms in total. The van der Waals surface area contributed by atoms with E-state index in [0.29, 0.717) is 5.54 Å². The van der Waals surface area contributed by atoms with Crippen molar-refractivity contribution >= 4 is 0 Å². The van der Waals surface area contributed by atoms with Crippen LogP contribution in [0.5, 0.6) is 0 Å². The number of unbranched alkanes of at least 4 members (excludes halogenated alkanes) is 2. The van der Waals surface area contributed by atoms with Crippen LogP contribution < -0.4 is 5.73 Å². The SMILES string of the molecule is CCCCCC(C)(CN)N1CCN(C(C)(C)C)CC1. The van der Waals surface area contributed by atoms with Crippen LogP contribution in [0.25, 0.3) is 0 Å². The fourth-order valence-corrected chi connectivity index (χ4v) is 3.06. The van der Waals surface area contributed by atoms with Gasteiger partial charge in [0, 0.05) is 43.8 Å². The number of nitrogens with zero attached hydrogens (tertiary/aromatic N) is 2. The molecule has 0 radical (unpaired) electrons. The van der Waals surface area contributed by atoms with Crippen molar-refractivity contribution in [2.45, 2.75) is 71.4 Å². The van der Waals surface area contributed by atoms with Gasteiger partial charge in [-0.2, -0.15) is 0 Å². The van der Waals surface area contributed by atoms with Crippen LogP contribution in [-0.2, 0) is 0 Å². The normalized spacial score (nSPS) is 22.4. The molecule has 114 valence electrons. The van der Waals surface area contributed by atoms with Gasteiger partial charge < -0.3 is 5.73 Å². The van der Waals surface area contributed by atoms with Crippen LogP contribution in [0.1, 0.15) is 60.3 Å². The molecule has 1 rings (SSSR count). The number of piperazine rings is 1. The molecule has 3 heteroatoms. The van der Waals surface area contributed by atoms with Crippen molar-refractivity contribution in [3.8, 4) is 0 Å². The first-order chi connectivity index (χ1) is 8.83. The summed E-state index contributed by atoms with van der Waals surface area (Å²) in [4.78, 5) is 5.22. The highest BCUT2D eigenvalue weighted by Gasteiger charge is 2.34. The molecule has 1 aliphatic rings. The third-order valence-corrected chi connectivity index (χ3v) is 4.75. The molecule has 1 aliphatic heterocycles. The summed E-state index contributed by atoms with van der Waals surface area (Å²) in [5, 5.41) is 0. The molecule has 1 fully saturated rings. The molecule has 1 unspecified atom stereocenters. The van der Waals surface area contributed by atoms with Gasteiger partial charge in [-0.3, -0.25) is 9.80 Å². The van der Waals surface area contributed by atoms with Gasteiger partial charge in [0.2, 0.25) is 0 Å². The maximum Gasteiger partial charge on any atom is 0.0304 e. The zero-order chi connectivity index (χ0) is 14.5. The Bertz CT molecular complexity index is 251. The number of nitrogens with two attached hydrogens (primary N) is 1. The highest BCUT2D eigenvalue weighted by atomic mass is 15.3. The van der Waals surface area contributed by atoms with E-state index >= 15 is 0 Å². The van der Waals surface area contributed by atoms with Crippen LogP contribution in [0.2, 0.25) is 0 Å². The Kier molecular flexibility index (Phi) is 6.28. The first-order valence-corrected chi connectivity index (χ1v) is 8.03. The van der Waals surface area contributed by atoms with E-state index in [4.69, 9.17) is 5.73 Å². The molecule has 0 bridgehead atoms. The minimum atomic E-state index is 0.207. The fraction of sp³-hybridized carbons (Fsp3) is 1.00. The van der Waals surface area contributed by atoms with Crippen molar-refractivity contribution in [2.24, 2.45) is 5.73 Å². The van der Waals surface area contributed by atoms with Crippen molar-refractivity contribution in [3.63, 3.8) is 0 Å². The van der Waals surface area contributed by atoms with Crippen molar-refractivity contribution in [2.75, 3.05) is 32.7 Å². The summed E-state index contributed by atoms with van der Waals surface area (Å²) in [7, 11) is 0. The van der Waals surface area contributed by atoms with Crippen molar-refractivity contribution < 1.29 is 0 Å². The molecule has 0 spiro atoms. The monoisotopic (exact) mass is 269 g/mol. The molecule has 0 aromatic carbocycles. The van der Waals surface area contributed by atoms with E-state index in [1.165, 1.54) is 38.8 Å². The van der Waals surface area contributed by atoms with E-state index in [1.807, 2.05) is 0 Å². The Labute approximate surface area is 120 Å². The van der Waals surface area contributed by atoms with E-state index < -0.39 is 0 Å². The second kappa shape index (κ2) is 7.05. The molecule has 1 atom stereocenters. The minimum absolute atomic E-state index is 0.207. The molecule has 2 N–H and O–H groups in total. The van der Waals surface area contributed by atoms with Gasteiger partial charge in [-0.05, 0) is 34.1 Å². The van der Waals surface area contributed by atoms with Gasteiger partial charge in [0.05, 0.1) is 0 Å². The van der Waals surface area contributed by atoms with Gasteiger partial charge in [-0.1, -0.05) is 26.2 Å². The molecule has 1 saturated heterocycles. The lowest BCUT2D eigenvalue weighted by atomic mass is 9.91. The smallest absolute Gasteiger partial charge is 0.0304 e. The number of rotatable bonds is 6. The van der Waals surface area contributed by atoms with Crippen LogP contribution >= 0.6 is 0 Å². The molecule has 0 aromatic heterocycles. The van der Waals surface area contributed by atoms with Gasteiger partial charge in [0.25, 0.3) is 0 Å². The van der Waals surface area contributed by atoms with Gasteiger partial charge in [-0.15, -0.1) is 0 Å². The topological polar surface area (TPSA) is 32.5 Å². The molecular formula is C16H35N3. The molecule has 19 heavy (non-hydrogen) atoms. The van der Waals surface area contributed by atoms with Gasteiger partial charge in [0.15, 0.2) is 0 Å². The van der Waals surface area contributed by atoms with E-state index in [2.05, 4.69) is 44.4 Å². The van der Waals surface area contributed by atoms with Gasteiger partial charge >= 0.3 is 0 Å². The molecule has 0 aromatic rings. The molecule has 0 amide bonds. The summed E-state index contributed by atoms with van der Waals surface area (Å²) >= 11 is 0. The average Bonchev–Trinajstić information content (AvgIpc) is 2.38. The summed E-state index contributed by atoms with van der Waals surface area (Å²) in [5.74, 6) is 0. The molecule has 0 saturated carbocycles. The number of hydrogen-bond donors (Lipinski definition) is 1. The quantitative estimate of drug-likeness (QED) is 0.753. The van der Waals surface area contributed by atoms with Crippen molar-refractivity contribution in [1.29, 1.82) is 0 Å². The van der Waals surface area contributed by atoms with Crippen molar-refractivity contribution in [3.05, 3.63) is 0 Å². The first kappa shape index (κ1) is 16.9. The summed E-state index contributed by atoms with van der Waals surface area (Å²) in [6, 6.07) is 0. The summed E-state index contributed by atoms with van der Waals surface area (Å²) < 4.78 is 0. The highest BCUT2D eigenvalue weighted by Crippen LogP contribution is 2.25. The summed E-state index contributed by atoms with van der Waals surface area (Å²) in [6.45, 7) is 17.0. The van der Waals surface area contributed by atoms with E-state index in [1.54, 1.807) is 0 Å². The Morgan fingerprint density at radius 1 is 0.895 bits per heavy atom. The zero-order valence-corrected chi connectivity index (χ0v) is 13.8. The Morgan fingerprint density at radius 3 is 1.84 bits per heavy atom. The average molecular weight is 269 g/mol. The maximum atomic E-state index is 6.09. The van der Waals surface area contributed by atoms with Crippen LogP contribution in [0.15, 0.2) is 0 Å². The second-order valence-corrected chi connectivity index (χ2v) is 7.30. The van der Waals surface area contributed by atoms with Crippen LogP contribution in [0.3, 0.4) is 0 Å². The largest absolute Gasteiger partial charge is 0.329 e. The molecule has 1 heterocycles. The van der Waals surface area contributed by atoms with Crippen LogP contribution in [-0.4, -0.2) is 53.6 Å². The minimum Gasteiger partial charge on any atom is -0.329 e. The summed E-state index contributed by atoms with van der Waals surface area (Å²) in [6.07, 6.45) is 5.17. The van der Waals surface area contributed by atoms with Gasteiger partial charge in [-0.25, -0.2) is 0 Å². The van der Waals surface area contributed by atoms with E-state index in [-0.39, 0.29) is 5.54 Å². The lowest BCUT2D eigenvalue weighted by Crippen LogP contribution is -2.61. The number of hydrogen-bond acceptors (Lipinski definition) is 3. The third kappa shape index (κ3) is 4.73. The maximum absolute atomic E-state index is 6.09. The van der Waals surface area contributed by atoms with Gasteiger partial charge in [0.1, 0.15) is 0 Å². The Balaban J connectivity index is 2.51. The standard InChI is InChI=1S/C16H35N3/c1-6-7-8-9-16(5,14-17)19-12-10-18(11-13-19)15(2,3)4/h6-14,17H2,1-5H3. The fourth-order valence-electron chi connectivity index (χ4n) is 3.06. The highest BCUT2D eigenvalue weighted by molar-refractivity contribution is 4.92. The molecule has 0 aliphatic carbocycles. The van der Waals surface area contributed by atoms with E-state index in [9.17, 15) is 0 Å². The van der Waals surface area contributed by atoms with Crippen LogP contribution in [0.4, 0.5) is 0 Å². The lowest BCUT2D eigenvalue weighted by Gasteiger charge is -2.48.